The molecule has 1 fully saturated rings. The zero-order chi connectivity index (χ0) is 33.4. The van der Waals surface area contributed by atoms with E-state index in [9.17, 15) is 19.2 Å². The van der Waals surface area contributed by atoms with Crippen molar-refractivity contribution in [3.63, 3.8) is 0 Å². The molecular formula is C35H43ClN2O8. The highest BCUT2D eigenvalue weighted by Gasteiger charge is 2.47. The number of ether oxygens (including phenoxy) is 4. The number of methoxy groups -OCH3 is 1. The summed E-state index contributed by atoms with van der Waals surface area (Å²) in [5.74, 6) is -2.78. The number of esters is 2. The number of rotatable bonds is 8. The van der Waals surface area contributed by atoms with E-state index in [2.05, 4.69) is 10.6 Å². The Kier molecular flexibility index (Phi) is 12.2. The van der Waals surface area contributed by atoms with Crippen molar-refractivity contribution < 1.29 is 38.1 Å². The molecule has 2 aliphatic rings. The number of carbonyl (C=O) groups is 4. The molecule has 248 valence electrons. The second-order valence-corrected chi connectivity index (χ2v) is 12.7. The first-order chi connectivity index (χ1) is 22.0. The van der Waals surface area contributed by atoms with Gasteiger partial charge in [0.2, 0.25) is 11.8 Å². The van der Waals surface area contributed by atoms with Crippen LogP contribution in [0.1, 0.15) is 57.8 Å². The van der Waals surface area contributed by atoms with Crippen molar-refractivity contribution in [2.24, 2.45) is 17.8 Å². The third kappa shape index (κ3) is 9.56. The summed E-state index contributed by atoms with van der Waals surface area (Å²) >= 11 is 6.30. The Balaban J connectivity index is 1.58. The van der Waals surface area contributed by atoms with Crippen LogP contribution in [-0.4, -0.2) is 61.8 Å². The molecular weight excluding hydrogens is 612 g/mol. The van der Waals surface area contributed by atoms with Gasteiger partial charge in [-0.1, -0.05) is 81.8 Å². The van der Waals surface area contributed by atoms with Crippen molar-refractivity contribution in [2.45, 2.75) is 77.4 Å². The number of nitrogens with one attached hydrogen (secondary N) is 2. The van der Waals surface area contributed by atoms with E-state index >= 15 is 0 Å². The highest BCUT2D eigenvalue weighted by Crippen LogP contribution is 2.45. The van der Waals surface area contributed by atoms with E-state index in [1.54, 1.807) is 31.2 Å². The fraction of sp³-hybridized carbons (Fsp3) is 0.486. The molecule has 4 rings (SSSR count). The summed E-state index contributed by atoms with van der Waals surface area (Å²) in [5, 5.41) is 5.86. The summed E-state index contributed by atoms with van der Waals surface area (Å²) < 4.78 is 22.9. The Hall–Kier alpha value is -3.89. The van der Waals surface area contributed by atoms with Crippen molar-refractivity contribution in [1.29, 1.82) is 0 Å². The molecule has 2 aliphatic heterocycles. The van der Waals surface area contributed by atoms with Crippen LogP contribution in [-0.2, 0) is 39.8 Å². The summed E-state index contributed by atoms with van der Waals surface area (Å²) in [5.41, 5.74) is 1.73. The van der Waals surface area contributed by atoms with Crippen molar-refractivity contribution in [2.75, 3.05) is 13.7 Å². The zero-order valence-electron chi connectivity index (χ0n) is 26.9. The average Bonchev–Trinajstić information content (AvgIpc) is 3.83. The van der Waals surface area contributed by atoms with Gasteiger partial charge in [0.05, 0.1) is 24.2 Å². The van der Waals surface area contributed by atoms with Gasteiger partial charge in [-0.3, -0.25) is 14.4 Å². The maximum absolute atomic E-state index is 13.5. The summed E-state index contributed by atoms with van der Waals surface area (Å²) in [6, 6.07) is 13.9. The maximum atomic E-state index is 13.5. The Morgan fingerprint density at radius 3 is 2.41 bits per heavy atom. The number of benzene rings is 2. The Morgan fingerprint density at radius 1 is 1.00 bits per heavy atom. The SMILES string of the molecule is COc1ccc(C[C@@H]2NC(=O)C=CC[C@@H]([C@H](C)[C@H]3O[C@@H]3c3ccccc3)OC(=O)[C@H](CC(C)C)OC(=O)[C@H](C)CNC2=O)cc1Cl. The molecule has 10 nitrogen and oxygen atoms in total. The Morgan fingerprint density at radius 2 is 1.74 bits per heavy atom. The summed E-state index contributed by atoms with van der Waals surface area (Å²) in [6.07, 6.45) is 1.40. The minimum atomic E-state index is -1.13. The number of hydrogen-bond donors (Lipinski definition) is 2. The molecule has 46 heavy (non-hydrogen) atoms. The molecule has 7 atom stereocenters. The molecule has 2 N–H and O–H groups in total. The van der Waals surface area contributed by atoms with Gasteiger partial charge >= 0.3 is 11.9 Å². The van der Waals surface area contributed by atoms with Gasteiger partial charge in [0.1, 0.15) is 24.0 Å². The number of epoxide rings is 1. The van der Waals surface area contributed by atoms with Crippen LogP contribution in [0.15, 0.2) is 60.7 Å². The molecule has 0 aromatic heterocycles. The van der Waals surface area contributed by atoms with Crippen LogP contribution in [0.25, 0.3) is 0 Å². The minimum Gasteiger partial charge on any atom is -0.495 e. The highest BCUT2D eigenvalue weighted by molar-refractivity contribution is 6.32. The molecule has 11 heteroatoms. The maximum Gasteiger partial charge on any atom is 0.347 e. The molecule has 0 aliphatic carbocycles. The molecule has 0 spiro atoms. The number of cyclic esters (lactones) is 2. The third-order valence-corrected chi connectivity index (χ3v) is 8.44. The lowest BCUT2D eigenvalue weighted by atomic mass is 9.93. The molecule has 2 heterocycles. The summed E-state index contributed by atoms with van der Waals surface area (Å²) in [7, 11) is 1.51. The predicted molar refractivity (Wildman–Crippen MR) is 172 cm³/mol. The van der Waals surface area contributed by atoms with Gasteiger partial charge in [-0.2, -0.15) is 0 Å². The van der Waals surface area contributed by atoms with Crippen LogP contribution < -0.4 is 15.4 Å². The lowest BCUT2D eigenvalue weighted by Gasteiger charge is -2.27. The van der Waals surface area contributed by atoms with E-state index in [1.165, 1.54) is 13.2 Å². The molecule has 2 aromatic carbocycles. The predicted octanol–water partition coefficient (Wildman–Crippen LogP) is 4.73. The van der Waals surface area contributed by atoms with Crippen molar-refractivity contribution >= 4 is 35.4 Å². The van der Waals surface area contributed by atoms with E-state index in [4.69, 9.17) is 30.5 Å². The quantitative estimate of drug-likeness (QED) is 0.308. The molecule has 1 saturated heterocycles. The average molecular weight is 655 g/mol. The first-order valence-electron chi connectivity index (χ1n) is 15.6. The Bertz CT molecular complexity index is 1410. The second kappa shape index (κ2) is 16.1. The van der Waals surface area contributed by atoms with E-state index in [0.717, 1.165) is 5.56 Å². The van der Waals surface area contributed by atoms with Crippen LogP contribution in [0.2, 0.25) is 5.02 Å². The van der Waals surface area contributed by atoms with E-state index < -0.39 is 47.9 Å². The monoisotopic (exact) mass is 654 g/mol. The number of amides is 2. The van der Waals surface area contributed by atoms with Crippen molar-refractivity contribution in [3.05, 3.63) is 76.8 Å². The minimum absolute atomic E-state index is 0.0341. The van der Waals surface area contributed by atoms with Crippen LogP contribution in [0.4, 0.5) is 0 Å². The van der Waals surface area contributed by atoms with E-state index in [-0.39, 0.29) is 49.9 Å². The summed E-state index contributed by atoms with van der Waals surface area (Å²) in [4.78, 5) is 52.9. The van der Waals surface area contributed by atoms with E-state index in [1.807, 2.05) is 51.1 Å². The third-order valence-electron chi connectivity index (χ3n) is 8.14. The first-order valence-corrected chi connectivity index (χ1v) is 16.0. The fourth-order valence-corrected chi connectivity index (χ4v) is 5.67. The number of halogens is 1. The van der Waals surface area contributed by atoms with Crippen LogP contribution in [0, 0.1) is 17.8 Å². The smallest absolute Gasteiger partial charge is 0.347 e. The van der Waals surface area contributed by atoms with Crippen molar-refractivity contribution in [3.8, 4) is 5.75 Å². The molecule has 0 bridgehead atoms. The highest BCUT2D eigenvalue weighted by atomic mass is 35.5. The fourth-order valence-electron chi connectivity index (χ4n) is 5.39. The molecule has 2 amide bonds. The summed E-state index contributed by atoms with van der Waals surface area (Å²) in [6.45, 7) is 7.31. The lowest BCUT2D eigenvalue weighted by Crippen LogP contribution is -2.49. The Labute approximate surface area is 275 Å². The lowest BCUT2D eigenvalue weighted by molar-refractivity contribution is -0.176. The second-order valence-electron chi connectivity index (χ2n) is 12.3. The van der Waals surface area contributed by atoms with Gasteiger partial charge in [0, 0.05) is 25.3 Å². The normalized spacial score (nSPS) is 26.8. The topological polar surface area (TPSA) is 133 Å². The van der Waals surface area contributed by atoms with Crippen LogP contribution in [0.5, 0.6) is 5.75 Å². The van der Waals surface area contributed by atoms with Gasteiger partial charge in [-0.15, -0.1) is 0 Å². The van der Waals surface area contributed by atoms with Gasteiger partial charge in [-0.25, -0.2) is 4.79 Å². The van der Waals surface area contributed by atoms with E-state index in [0.29, 0.717) is 16.3 Å². The molecule has 2 aromatic rings. The van der Waals surface area contributed by atoms with Gasteiger partial charge in [-0.05, 0) is 41.7 Å². The largest absolute Gasteiger partial charge is 0.495 e. The molecule has 0 radical (unpaired) electrons. The molecule has 0 unspecified atom stereocenters. The first kappa shape index (κ1) is 35.0. The van der Waals surface area contributed by atoms with Gasteiger partial charge < -0.3 is 29.6 Å². The number of hydrogen-bond acceptors (Lipinski definition) is 8. The standard InChI is InChI=1S/C35H43ClN2O8/c1-20(2)16-29-35(42)44-27(22(4)31-32(46-31)24-10-7-6-8-11-24)12-9-13-30(39)38-26(33(40)37-19-21(3)34(41)45-29)18-23-14-15-28(43-5)25(36)17-23/h6-11,13-15,17,20-22,26-27,29,31-32H,12,16,18-19H2,1-5H3,(H,37,40)(H,38,39)/t21-,22+,26+,27+,29+,31-,32-/m1/s1. The number of carbonyl (C=O) groups excluding carboxylic acids is 4. The van der Waals surface area contributed by atoms with Crippen molar-refractivity contribution in [1.82, 2.24) is 10.6 Å². The van der Waals surface area contributed by atoms with Crippen LogP contribution >= 0.6 is 11.6 Å². The van der Waals surface area contributed by atoms with Gasteiger partial charge in [0.15, 0.2) is 6.10 Å². The van der Waals surface area contributed by atoms with Gasteiger partial charge in [0.25, 0.3) is 0 Å². The zero-order valence-corrected chi connectivity index (χ0v) is 27.6. The van der Waals surface area contributed by atoms with Crippen LogP contribution in [0.3, 0.4) is 0 Å². The molecule has 0 saturated carbocycles.